The van der Waals surface area contributed by atoms with Crippen LogP contribution in [0, 0.1) is 6.92 Å². The van der Waals surface area contributed by atoms with Crippen molar-refractivity contribution in [2.24, 2.45) is 0 Å². The van der Waals surface area contributed by atoms with Gasteiger partial charge in [-0.3, -0.25) is 4.79 Å². The van der Waals surface area contributed by atoms with Crippen molar-refractivity contribution in [3.05, 3.63) is 63.6 Å². The van der Waals surface area contributed by atoms with Gasteiger partial charge in [0.25, 0.3) is 5.91 Å². The van der Waals surface area contributed by atoms with Gasteiger partial charge in [0.1, 0.15) is 5.75 Å². The Hall–Kier alpha value is -1.36. The second kappa shape index (κ2) is 10.7. The van der Waals surface area contributed by atoms with Gasteiger partial charge in [0.05, 0.1) is 0 Å². The maximum Gasteiger partial charge on any atom is 0.261 e. The van der Waals surface area contributed by atoms with Crippen molar-refractivity contribution >= 4 is 40.9 Å². The van der Waals surface area contributed by atoms with Crippen molar-refractivity contribution in [3.8, 4) is 5.75 Å². The number of thioether (sulfide) groups is 1. The van der Waals surface area contributed by atoms with Crippen LogP contribution in [0.4, 0.5) is 0 Å². The average Bonchev–Trinajstić information content (AvgIpc) is 2.62. The minimum atomic E-state index is -0.480. The van der Waals surface area contributed by atoms with Gasteiger partial charge in [-0.1, -0.05) is 54.4 Å². The first kappa shape index (κ1) is 20.9. The lowest BCUT2D eigenvalue weighted by molar-refractivity contribution is -0.128. The molecular formula is C20H23Cl2NO2S. The van der Waals surface area contributed by atoms with E-state index in [1.54, 1.807) is 17.8 Å². The van der Waals surface area contributed by atoms with Crippen molar-refractivity contribution in [1.29, 1.82) is 0 Å². The molecular weight excluding hydrogens is 389 g/mol. The minimum Gasteiger partial charge on any atom is -0.480 e. The molecule has 0 aliphatic rings. The third kappa shape index (κ3) is 6.42. The first-order valence-electron chi connectivity index (χ1n) is 8.53. The first-order chi connectivity index (χ1) is 12.5. The second-order valence-electron chi connectivity index (χ2n) is 5.86. The fourth-order valence-corrected chi connectivity index (χ4v) is 3.76. The fraction of sp³-hybridized carbons (Fsp3) is 0.350. The minimum absolute atomic E-state index is 0.0825. The molecule has 1 N–H and O–H groups in total. The predicted molar refractivity (Wildman–Crippen MR) is 112 cm³/mol. The van der Waals surface area contributed by atoms with Crippen LogP contribution in [0.2, 0.25) is 10.0 Å². The summed E-state index contributed by atoms with van der Waals surface area (Å²) in [7, 11) is 0. The molecule has 0 aliphatic heterocycles. The van der Waals surface area contributed by atoms with Gasteiger partial charge in [-0.2, -0.15) is 11.8 Å². The molecule has 0 saturated heterocycles. The second-order valence-corrected chi connectivity index (χ2v) is 7.81. The van der Waals surface area contributed by atoms with Crippen LogP contribution in [0.15, 0.2) is 42.5 Å². The first-order valence-corrected chi connectivity index (χ1v) is 10.4. The maximum atomic E-state index is 12.3. The third-order valence-corrected chi connectivity index (χ3v) is 5.44. The number of nitrogens with one attached hydrogen (secondary N) is 1. The molecule has 0 fully saturated rings. The molecule has 3 nitrogen and oxygen atoms in total. The summed E-state index contributed by atoms with van der Waals surface area (Å²) in [6, 6.07) is 13.2. The summed E-state index contributed by atoms with van der Waals surface area (Å²) in [6.45, 7) is 4.50. The number of carbonyl (C=O) groups excluding carboxylic acids is 1. The van der Waals surface area contributed by atoms with E-state index in [-0.39, 0.29) is 5.91 Å². The molecule has 1 unspecified atom stereocenters. The van der Waals surface area contributed by atoms with Crippen molar-refractivity contribution in [3.63, 3.8) is 0 Å². The van der Waals surface area contributed by atoms with E-state index < -0.39 is 6.10 Å². The topological polar surface area (TPSA) is 38.3 Å². The number of rotatable bonds is 9. The number of carbonyl (C=O) groups is 1. The Bertz CT molecular complexity index is 740. The van der Waals surface area contributed by atoms with E-state index in [0.29, 0.717) is 23.0 Å². The molecule has 0 spiro atoms. The van der Waals surface area contributed by atoms with Crippen molar-refractivity contribution in [2.45, 2.75) is 32.1 Å². The molecule has 0 aliphatic carbocycles. The SMILES string of the molecule is CCC(Oc1ccccc1C)C(=O)NCCSCc1ccc(Cl)cc1Cl. The van der Waals surface area contributed by atoms with Crippen LogP contribution < -0.4 is 10.1 Å². The Morgan fingerprint density at radius 3 is 2.69 bits per heavy atom. The largest absolute Gasteiger partial charge is 0.480 e. The van der Waals surface area contributed by atoms with Crippen molar-refractivity contribution < 1.29 is 9.53 Å². The number of ether oxygens (including phenoxy) is 1. The van der Waals surface area contributed by atoms with Crippen LogP contribution in [0.1, 0.15) is 24.5 Å². The van der Waals surface area contributed by atoms with Gasteiger partial charge in [0, 0.05) is 28.1 Å². The molecule has 2 rings (SSSR count). The van der Waals surface area contributed by atoms with E-state index in [0.717, 1.165) is 28.4 Å². The standard InChI is InChI=1S/C20H23Cl2NO2S/c1-3-18(25-19-7-5-4-6-14(19)2)20(24)23-10-11-26-13-15-8-9-16(21)12-17(15)22/h4-9,12,18H,3,10-11,13H2,1-2H3,(H,23,24). The molecule has 6 heteroatoms. The quantitative estimate of drug-likeness (QED) is 0.552. The Labute approximate surface area is 169 Å². The predicted octanol–water partition coefficient (Wildman–Crippen LogP) is 5.51. The highest BCUT2D eigenvalue weighted by Crippen LogP contribution is 2.24. The smallest absolute Gasteiger partial charge is 0.261 e. The monoisotopic (exact) mass is 411 g/mol. The van der Waals surface area contributed by atoms with Gasteiger partial charge in [-0.25, -0.2) is 0 Å². The molecule has 0 saturated carbocycles. The molecule has 26 heavy (non-hydrogen) atoms. The van der Waals surface area contributed by atoms with E-state index in [2.05, 4.69) is 5.32 Å². The summed E-state index contributed by atoms with van der Waals surface area (Å²) >= 11 is 13.8. The fourth-order valence-electron chi connectivity index (χ4n) is 2.35. The molecule has 0 bridgehead atoms. The summed E-state index contributed by atoms with van der Waals surface area (Å²) in [5.74, 6) is 2.25. The van der Waals surface area contributed by atoms with Crippen LogP contribution >= 0.6 is 35.0 Å². The number of benzene rings is 2. The summed E-state index contributed by atoms with van der Waals surface area (Å²) in [5, 5.41) is 4.25. The Balaban J connectivity index is 1.74. The Kier molecular flexibility index (Phi) is 8.63. The maximum absolute atomic E-state index is 12.3. The summed E-state index contributed by atoms with van der Waals surface area (Å²) in [5.41, 5.74) is 2.07. The summed E-state index contributed by atoms with van der Waals surface area (Å²) in [6.07, 6.45) is 0.139. The molecule has 0 aromatic heterocycles. The van der Waals surface area contributed by atoms with Crippen LogP contribution in [0.3, 0.4) is 0 Å². The van der Waals surface area contributed by atoms with Crippen LogP contribution in [-0.2, 0) is 10.5 Å². The number of halogens is 2. The summed E-state index contributed by atoms with van der Waals surface area (Å²) in [4.78, 5) is 12.3. The molecule has 0 heterocycles. The van der Waals surface area contributed by atoms with Crippen LogP contribution in [-0.4, -0.2) is 24.3 Å². The van der Waals surface area contributed by atoms with Gasteiger partial charge in [0.15, 0.2) is 6.10 Å². The highest BCUT2D eigenvalue weighted by molar-refractivity contribution is 7.98. The zero-order valence-corrected chi connectivity index (χ0v) is 17.3. The van der Waals surface area contributed by atoms with Crippen molar-refractivity contribution in [1.82, 2.24) is 5.32 Å². The number of amides is 1. The number of hydrogen-bond donors (Lipinski definition) is 1. The zero-order valence-electron chi connectivity index (χ0n) is 14.9. The molecule has 2 aromatic rings. The van der Waals surface area contributed by atoms with Gasteiger partial charge in [-0.05, 0) is 42.7 Å². The van der Waals surface area contributed by atoms with Crippen molar-refractivity contribution in [2.75, 3.05) is 12.3 Å². The molecule has 1 atom stereocenters. The molecule has 0 radical (unpaired) electrons. The normalized spacial score (nSPS) is 11.8. The Morgan fingerprint density at radius 1 is 1.23 bits per heavy atom. The number of aryl methyl sites for hydroxylation is 1. The van der Waals surface area contributed by atoms with Gasteiger partial charge in [0.2, 0.25) is 0 Å². The van der Waals surface area contributed by atoms with Gasteiger partial charge < -0.3 is 10.1 Å². The number of para-hydroxylation sites is 1. The molecule has 2 aromatic carbocycles. The van der Waals surface area contributed by atoms with Gasteiger partial charge >= 0.3 is 0 Å². The highest BCUT2D eigenvalue weighted by atomic mass is 35.5. The van der Waals surface area contributed by atoms with E-state index in [9.17, 15) is 4.79 Å². The lowest BCUT2D eigenvalue weighted by Gasteiger charge is -2.18. The lowest BCUT2D eigenvalue weighted by Crippen LogP contribution is -2.39. The Morgan fingerprint density at radius 2 is 2.00 bits per heavy atom. The zero-order chi connectivity index (χ0) is 18.9. The highest BCUT2D eigenvalue weighted by Gasteiger charge is 2.18. The van der Waals surface area contributed by atoms with E-state index in [1.807, 2.05) is 50.2 Å². The van der Waals surface area contributed by atoms with Gasteiger partial charge in [-0.15, -0.1) is 0 Å². The molecule has 1 amide bonds. The lowest BCUT2D eigenvalue weighted by atomic mass is 10.2. The third-order valence-electron chi connectivity index (χ3n) is 3.84. The van der Waals surface area contributed by atoms with E-state index in [1.165, 1.54) is 0 Å². The number of hydrogen-bond acceptors (Lipinski definition) is 3. The molecule has 140 valence electrons. The van der Waals surface area contributed by atoms with E-state index in [4.69, 9.17) is 27.9 Å². The average molecular weight is 412 g/mol. The van der Waals surface area contributed by atoms with Crippen LogP contribution in [0.25, 0.3) is 0 Å². The van der Waals surface area contributed by atoms with E-state index >= 15 is 0 Å². The summed E-state index contributed by atoms with van der Waals surface area (Å²) < 4.78 is 5.86. The van der Waals surface area contributed by atoms with Crippen LogP contribution in [0.5, 0.6) is 5.75 Å².